The van der Waals surface area contributed by atoms with Crippen molar-refractivity contribution in [3.05, 3.63) is 65.6 Å². The molecule has 2 heterocycles. The maximum Gasteiger partial charge on any atom is 0.235 e. The van der Waals surface area contributed by atoms with E-state index < -0.39 is 6.10 Å². The number of anilines is 1. The second kappa shape index (κ2) is 10.0. The summed E-state index contributed by atoms with van der Waals surface area (Å²) in [6.07, 6.45) is 1.25. The molecular formula is C20H18FN5O2S2. The zero-order valence-corrected chi connectivity index (χ0v) is 17.7. The highest BCUT2D eigenvalue weighted by Crippen LogP contribution is 2.26. The third kappa shape index (κ3) is 5.25. The molecule has 1 aromatic carbocycles. The molecule has 1 atom stereocenters. The average Bonchev–Trinajstić information content (AvgIpc) is 3.35. The summed E-state index contributed by atoms with van der Waals surface area (Å²) in [6.45, 7) is 6.01. The molecule has 0 aliphatic rings. The quantitative estimate of drug-likeness (QED) is 0.389. The number of hydrogen-bond acceptors (Lipinski definition) is 7. The predicted octanol–water partition coefficient (Wildman–Crippen LogP) is 4.41. The van der Waals surface area contributed by atoms with Gasteiger partial charge in [0.1, 0.15) is 22.6 Å². The van der Waals surface area contributed by atoms with E-state index in [1.165, 1.54) is 35.2 Å². The predicted molar refractivity (Wildman–Crippen MR) is 114 cm³/mol. The first kappa shape index (κ1) is 21.5. The number of hydrogen-bond donors (Lipinski definition) is 1. The Morgan fingerprint density at radius 3 is 2.90 bits per heavy atom. The lowest BCUT2D eigenvalue weighted by Crippen LogP contribution is -2.15. The Labute approximate surface area is 181 Å². The largest absolute Gasteiger partial charge is 0.483 e. The van der Waals surface area contributed by atoms with E-state index in [4.69, 9.17) is 10.00 Å². The summed E-state index contributed by atoms with van der Waals surface area (Å²) in [5.74, 6) is 0.586. The maximum absolute atomic E-state index is 13.1. The van der Waals surface area contributed by atoms with Crippen LogP contribution in [0.15, 0.2) is 53.5 Å². The highest BCUT2D eigenvalue weighted by atomic mass is 32.2. The van der Waals surface area contributed by atoms with Crippen LogP contribution in [0.1, 0.15) is 24.4 Å². The summed E-state index contributed by atoms with van der Waals surface area (Å²) < 4.78 is 20.7. The van der Waals surface area contributed by atoms with E-state index in [0.29, 0.717) is 33.8 Å². The normalized spacial score (nSPS) is 11.5. The lowest BCUT2D eigenvalue weighted by molar-refractivity contribution is -0.113. The lowest BCUT2D eigenvalue weighted by Gasteiger charge is -2.15. The maximum atomic E-state index is 13.1. The van der Waals surface area contributed by atoms with E-state index >= 15 is 0 Å². The number of rotatable bonds is 9. The molecule has 0 saturated heterocycles. The number of thioether (sulfide) groups is 1. The van der Waals surface area contributed by atoms with E-state index in [2.05, 4.69) is 22.1 Å². The molecule has 0 aliphatic heterocycles. The van der Waals surface area contributed by atoms with Crippen LogP contribution in [0.3, 0.4) is 0 Å². The van der Waals surface area contributed by atoms with Crippen molar-refractivity contribution in [3.8, 4) is 11.8 Å². The summed E-state index contributed by atoms with van der Waals surface area (Å²) >= 11 is 2.52. The highest BCUT2D eigenvalue weighted by molar-refractivity contribution is 7.99. The molecule has 0 fully saturated rings. The average molecular weight is 444 g/mol. The SMILES string of the molecule is C=CCn1c(SCC(=O)Nc2sccc2C#N)nnc1C(C)Oc1ccc(F)cc1. The van der Waals surface area contributed by atoms with Crippen molar-refractivity contribution in [1.29, 1.82) is 5.26 Å². The Morgan fingerprint density at radius 1 is 1.43 bits per heavy atom. The molecule has 3 rings (SSSR count). The molecule has 0 radical (unpaired) electrons. The zero-order valence-electron chi connectivity index (χ0n) is 16.0. The Morgan fingerprint density at radius 2 is 2.20 bits per heavy atom. The number of nitriles is 1. The molecule has 1 unspecified atom stereocenters. The van der Waals surface area contributed by atoms with Gasteiger partial charge in [0.05, 0.1) is 11.3 Å². The smallest absolute Gasteiger partial charge is 0.235 e. The molecule has 154 valence electrons. The summed E-state index contributed by atoms with van der Waals surface area (Å²) in [5, 5.41) is 23.0. The van der Waals surface area contributed by atoms with Gasteiger partial charge in [0, 0.05) is 6.54 Å². The Kier molecular flexibility index (Phi) is 7.21. The number of benzene rings is 1. The van der Waals surface area contributed by atoms with Crippen molar-refractivity contribution in [2.45, 2.75) is 24.7 Å². The van der Waals surface area contributed by atoms with Crippen LogP contribution >= 0.6 is 23.1 Å². The van der Waals surface area contributed by atoms with Crippen molar-refractivity contribution >= 4 is 34.0 Å². The van der Waals surface area contributed by atoms with Gasteiger partial charge in [-0.05, 0) is 42.6 Å². The van der Waals surface area contributed by atoms with Gasteiger partial charge in [0.15, 0.2) is 17.1 Å². The number of nitrogens with one attached hydrogen (secondary N) is 1. The second-order valence-corrected chi connectivity index (χ2v) is 7.92. The van der Waals surface area contributed by atoms with Gasteiger partial charge in [-0.1, -0.05) is 17.8 Å². The molecule has 2 aromatic heterocycles. The number of ether oxygens (including phenoxy) is 1. The molecule has 0 spiro atoms. The van der Waals surface area contributed by atoms with Crippen LogP contribution in [-0.4, -0.2) is 26.4 Å². The van der Waals surface area contributed by atoms with E-state index in [-0.39, 0.29) is 17.5 Å². The topological polar surface area (TPSA) is 92.8 Å². The highest BCUT2D eigenvalue weighted by Gasteiger charge is 2.20. The summed E-state index contributed by atoms with van der Waals surface area (Å²) in [5.41, 5.74) is 0.433. The Bertz CT molecular complexity index is 1070. The monoisotopic (exact) mass is 443 g/mol. The minimum Gasteiger partial charge on any atom is -0.483 e. The Balaban J connectivity index is 1.67. The van der Waals surface area contributed by atoms with Crippen LogP contribution < -0.4 is 10.1 Å². The first-order chi connectivity index (χ1) is 14.5. The van der Waals surface area contributed by atoms with Crippen LogP contribution in [0.25, 0.3) is 0 Å². The van der Waals surface area contributed by atoms with Crippen molar-refractivity contribution in [2.24, 2.45) is 0 Å². The minimum absolute atomic E-state index is 0.102. The van der Waals surface area contributed by atoms with E-state index in [9.17, 15) is 9.18 Å². The van der Waals surface area contributed by atoms with Crippen LogP contribution in [0.5, 0.6) is 5.75 Å². The van der Waals surface area contributed by atoms with Gasteiger partial charge in [0.25, 0.3) is 0 Å². The van der Waals surface area contributed by atoms with E-state index in [1.54, 1.807) is 29.7 Å². The third-order valence-electron chi connectivity index (χ3n) is 3.92. The number of thiophene rings is 1. The fraction of sp³-hybridized carbons (Fsp3) is 0.200. The third-order valence-corrected chi connectivity index (χ3v) is 5.71. The van der Waals surface area contributed by atoms with Gasteiger partial charge in [-0.3, -0.25) is 9.36 Å². The standard InChI is InChI=1S/C20H18FN5O2S2/c1-3-9-26-18(13(2)28-16-6-4-15(21)5-7-16)24-25-20(26)30-12-17(27)23-19-14(11-22)8-10-29-19/h3-8,10,13H,1,9,12H2,2H3,(H,23,27). The van der Waals surface area contributed by atoms with Crippen molar-refractivity contribution in [1.82, 2.24) is 14.8 Å². The van der Waals surface area contributed by atoms with Crippen molar-refractivity contribution < 1.29 is 13.9 Å². The molecule has 0 saturated carbocycles. The number of nitrogens with zero attached hydrogens (tertiary/aromatic N) is 4. The molecule has 0 bridgehead atoms. The van der Waals surface area contributed by atoms with Crippen molar-refractivity contribution in [3.63, 3.8) is 0 Å². The minimum atomic E-state index is -0.449. The lowest BCUT2D eigenvalue weighted by atomic mass is 10.3. The molecule has 7 nitrogen and oxygen atoms in total. The van der Waals surface area contributed by atoms with Crippen LogP contribution in [0.2, 0.25) is 0 Å². The number of carbonyl (C=O) groups is 1. The van der Waals surface area contributed by atoms with Gasteiger partial charge in [-0.2, -0.15) is 5.26 Å². The fourth-order valence-electron chi connectivity index (χ4n) is 2.57. The number of amides is 1. The summed E-state index contributed by atoms with van der Waals surface area (Å²) in [7, 11) is 0. The number of allylic oxidation sites excluding steroid dienone is 1. The van der Waals surface area contributed by atoms with E-state index in [0.717, 1.165) is 0 Å². The van der Waals surface area contributed by atoms with Crippen LogP contribution in [-0.2, 0) is 11.3 Å². The molecule has 30 heavy (non-hydrogen) atoms. The second-order valence-electron chi connectivity index (χ2n) is 6.07. The summed E-state index contributed by atoms with van der Waals surface area (Å²) in [4.78, 5) is 12.3. The number of carbonyl (C=O) groups excluding carboxylic acids is 1. The van der Waals surface area contributed by atoms with Crippen molar-refractivity contribution in [2.75, 3.05) is 11.1 Å². The van der Waals surface area contributed by atoms with Crippen LogP contribution in [0.4, 0.5) is 9.39 Å². The first-order valence-corrected chi connectivity index (χ1v) is 10.7. The van der Waals surface area contributed by atoms with Gasteiger partial charge in [-0.25, -0.2) is 4.39 Å². The number of aromatic nitrogens is 3. The van der Waals surface area contributed by atoms with Gasteiger partial charge >= 0.3 is 0 Å². The fourth-order valence-corrected chi connectivity index (χ4v) is 4.07. The molecule has 3 aromatic rings. The number of halogens is 1. The molecule has 1 amide bonds. The van der Waals surface area contributed by atoms with Gasteiger partial charge < -0.3 is 10.1 Å². The molecular weight excluding hydrogens is 425 g/mol. The Hall–Kier alpha value is -3.16. The van der Waals surface area contributed by atoms with Crippen LogP contribution in [0, 0.1) is 17.1 Å². The molecule has 0 aliphatic carbocycles. The summed E-state index contributed by atoms with van der Waals surface area (Å²) in [6, 6.07) is 9.42. The van der Waals surface area contributed by atoms with E-state index in [1.807, 2.05) is 17.6 Å². The van der Waals surface area contributed by atoms with Gasteiger partial charge in [0.2, 0.25) is 5.91 Å². The molecule has 1 N–H and O–H groups in total. The molecule has 10 heteroatoms. The first-order valence-electron chi connectivity index (χ1n) is 8.88. The zero-order chi connectivity index (χ0) is 21.5. The van der Waals surface area contributed by atoms with Gasteiger partial charge in [-0.15, -0.1) is 28.1 Å².